The quantitative estimate of drug-likeness (QED) is 0.492. The fourth-order valence-electron chi connectivity index (χ4n) is 2.35. The summed E-state index contributed by atoms with van der Waals surface area (Å²) < 4.78 is 5.15. The van der Waals surface area contributed by atoms with Gasteiger partial charge in [0, 0.05) is 10.6 Å². The number of ether oxygens (including phenoxy) is 1. The molecule has 3 rings (SSSR count). The molecule has 0 fully saturated rings. The standard InChI is InChI=1S/C16H10Cl2N2O4/c17-9-5-6-13(12(18)7-9)19-8-14(20(22)23)15-10-3-1-2-4-11(10)16(21)24-15/h1-8,15,19H/b14-8-/t15-/m1/s1. The zero-order chi connectivity index (χ0) is 17.3. The summed E-state index contributed by atoms with van der Waals surface area (Å²) in [7, 11) is 0. The monoisotopic (exact) mass is 364 g/mol. The summed E-state index contributed by atoms with van der Waals surface area (Å²) in [6, 6.07) is 11.2. The molecule has 122 valence electrons. The maximum absolute atomic E-state index is 11.8. The lowest BCUT2D eigenvalue weighted by atomic mass is 10.0. The van der Waals surface area contributed by atoms with Crippen molar-refractivity contribution in [2.75, 3.05) is 5.32 Å². The smallest absolute Gasteiger partial charge is 0.339 e. The van der Waals surface area contributed by atoms with Gasteiger partial charge in [-0.3, -0.25) is 10.1 Å². The van der Waals surface area contributed by atoms with Gasteiger partial charge in [0.15, 0.2) is 0 Å². The van der Waals surface area contributed by atoms with E-state index in [0.29, 0.717) is 26.9 Å². The van der Waals surface area contributed by atoms with Gasteiger partial charge in [0.1, 0.15) is 0 Å². The molecule has 1 heterocycles. The zero-order valence-corrected chi connectivity index (χ0v) is 13.5. The van der Waals surface area contributed by atoms with E-state index in [-0.39, 0.29) is 5.70 Å². The van der Waals surface area contributed by atoms with Gasteiger partial charge in [0.25, 0.3) is 0 Å². The van der Waals surface area contributed by atoms with Crippen molar-refractivity contribution in [1.82, 2.24) is 0 Å². The molecule has 0 bridgehead atoms. The SMILES string of the molecule is O=C1O[C@@H](/C(=C/Nc2ccc(Cl)cc2Cl)[N+](=O)[O-])c2ccccc21. The molecule has 6 nitrogen and oxygen atoms in total. The highest BCUT2D eigenvalue weighted by molar-refractivity contribution is 6.36. The molecule has 1 aliphatic heterocycles. The second kappa shape index (κ2) is 6.51. The Morgan fingerprint density at radius 1 is 1.25 bits per heavy atom. The van der Waals surface area contributed by atoms with Gasteiger partial charge in [-0.15, -0.1) is 0 Å². The lowest BCUT2D eigenvalue weighted by Crippen LogP contribution is -2.12. The van der Waals surface area contributed by atoms with Crippen molar-refractivity contribution in [3.05, 3.63) is 85.6 Å². The van der Waals surface area contributed by atoms with E-state index in [0.717, 1.165) is 6.20 Å². The molecule has 1 N–H and O–H groups in total. The van der Waals surface area contributed by atoms with Crippen LogP contribution >= 0.6 is 23.2 Å². The van der Waals surface area contributed by atoms with Gasteiger partial charge in [0.05, 0.1) is 27.4 Å². The van der Waals surface area contributed by atoms with Crippen molar-refractivity contribution in [2.45, 2.75) is 6.10 Å². The Balaban J connectivity index is 1.94. The minimum absolute atomic E-state index is 0.306. The second-order valence-electron chi connectivity index (χ2n) is 4.97. The number of halogens is 2. The van der Waals surface area contributed by atoms with Crippen LogP contribution in [0, 0.1) is 10.1 Å². The summed E-state index contributed by atoms with van der Waals surface area (Å²) in [5.41, 5.74) is 0.909. The lowest BCUT2D eigenvalue weighted by Gasteiger charge is -2.09. The molecule has 24 heavy (non-hydrogen) atoms. The summed E-state index contributed by atoms with van der Waals surface area (Å²) in [4.78, 5) is 22.7. The van der Waals surface area contributed by atoms with Crippen LogP contribution < -0.4 is 5.32 Å². The molecule has 1 aliphatic rings. The molecule has 0 spiro atoms. The number of nitrogens with one attached hydrogen (secondary N) is 1. The molecule has 0 saturated heterocycles. The summed E-state index contributed by atoms with van der Waals surface area (Å²) >= 11 is 11.8. The van der Waals surface area contributed by atoms with Crippen LogP contribution in [0.1, 0.15) is 22.0 Å². The maximum Gasteiger partial charge on any atom is 0.339 e. The molecule has 8 heteroatoms. The van der Waals surface area contributed by atoms with Crippen LogP contribution in [0.3, 0.4) is 0 Å². The van der Waals surface area contributed by atoms with Crippen molar-refractivity contribution in [3.8, 4) is 0 Å². The Kier molecular flexibility index (Phi) is 4.42. The second-order valence-corrected chi connectivity index (χ2v) is 5.81. The Labute approximate surface area is 146 Å². The molecule has 0 unspecified atom stereocenters. The normalized spacial score (nSPS) is 16.5. The van der Waals surface area contributed by atoms with Gasteiger partial charge in [-0.1, -0.05) is 41.4 Å². The molecule has 0 radical (unpaired) electrons. The number of benzene rings is 2. The average molecular weight is 365 g/mol. The number of hydrogen-bond donors (Lipinski definition) is 1. The Morgan fingerprint density at radius 2 is 2.00 bits per heavy atom. The van der Waals surface area contributed by atoms with Crippen molar-refractivity contribution in [2.24, 2.45) is 0 Å². The summed E-state index contributed by atoms with van der Waals surface area (Å²) in [5, 5.41) is 14.9. The molecule has 0 saturated carbocycles. The minimum atomic E-state index is -1.08. The number of carbonyl (C=O) groups is 1. The maximum atomic E-state index is 11.8. The largest absolute Gasteiger partial charge is 0.442 e. The predicted octanol–water partition coefficient (Wildman–Crippen LogP) is 4.44. The van der Waals surface area contributed by atoms with Crippen LogP contribution in [0.15, 0.2) is 54.4 Å². The van der Waals surface area contributed by atoms with E-state index < -0.39 is 17.0 Å². The van der Waals surface area contributed by atoms with Crippen molar-refractivity contribution < 1.29 is 14.5 Å². The Bertz CT molecular complexity index is 867. The van der Waals surface area contributed by atoms with E-state index in [4.69, 9.17) is 27.9 Å². The number of hydrogen-bond acceptors (Lipinski definition) is 5. The van der Waals surface area contributed by atoms with E-state index in [1.165, 1.54) is 6.07 Å². The first-order chi connectivity index (χ1) is 11.5. The van der Waals surface area contributed by atoms with Gasteiger partial charge in [-0.25, -0.2) is 4.79 Å². The van der Waals surface area contributed by atoms with Crippen LogP contribution in [0.25, 0.3) is 0 Å². The van der Waals surface area contributed by atoms with E-state index in [1.54, 1.807) is 36.4 Å². The van der Waals surface area contributed by atoms with Crippen LogP contribution in [0.5, 0.6) is 0 Å². The van der Waals surface area contributed by atoms with Gasteiger partial charge >= 0.3 is 11.7 Å². The summed E-state index contributed by atoms with van der Waals surface area (Å²) in [6.45, 7) is 0. The van der Waals surface area contributed by atoms with Crippen molar-refractivity contribution in [1.29, 1.82) is 0 Å². The first kappa shape index (κ1) is 16.3. The van der Waals surface area contributed by atoms with E-state index >= 15 is 0 Å². The summed E-state index contributed by atoms with van der Waals surface area (Å²) in [6.07, 6.45) is 0.0806. The third-order valence-corrected chi connectivity index (χ3v) is 4.02. The number of cyclic esters (lactones) is 1. The number of nitro groups is 1. The highest BCUT2D eigenvalue weighted by Gasteiger charge is 2.39. The number of rotatable bonds is 4. The molecular formula is C16H10Cl2N2O4. The first-order valence-electron chi connectivity index (χ1n) is 6.83. The molecule has 0 aromatic heterocycles. The van der Waals surface area contributed by atoms with Gasteiger partial charge in [-0.05, 0) is 24.3 Å². The van der Waals surface area contributed by atoms with Crippen molar-refractivity contribution in [3.63, 3.8) is 0 Å². The third kappa shape index (κ3) is 3.06. The molecule has 1 atom stereocenters. The highest BCUT2D eigenvalue weighted by Crippen LogP contribution is 2.36. The van der Waals surface area contributed by atoms with E-state index in [1.807, 2.05) is 0 Å². The fraction of sp³-hybridized carbons (Fsp3) is 0.0625. The van der Waals surface area contributed by atoms with Crippen LogP contribution in [-0.2, 0) is 4.74 Å². The average Bonchev–Trinajstić information content (AvgIpc) is 2.87. The van der Waals surface area contributed by atoms with Gasteiger partial charge < -0.3 is 10.1 Å². The summed E-state index contributed by atoms with van der Waals surface area (Å²) in [5.74, 6) is -0.590. The highest BCUT2D eigenvalue weighted by atomic mass is 35.5. The van der Waals surface area contributed by atoms with E-state index in [2.05, 4.69) is 5.32 Å². The fourth-order valence-corrected chi connectivity index (χ4v) is 2.81. The third-order valence-electron chi connectivity index (χ3n) is 3.47. The van der Waals surface area contributed by atoms with Gasteiger partial charge in [-0.2, -0.15) is 0 Å². The van der Waals surface area contributed by atoms with Crippen LogP contribution in [0.2, 0.25) is 10.0 Å². The first-order valence-corrected chi connectivity index (χ1v) is 7.59. The number of anilines is 1. The number of esters is 1. The van der Waals surface area contributed by atoms with Crippen molar-refractivity contribution >= 4 is 34.9 Å². The van der Waals surface area contributed by atoms with Crippen LogP contribution in [0.4, 0.5) is 5.69 Å². The Morgan fingerprint density at radius 3 is 2.71 bits per heavy atom. The molecule has 0 aliphatic carbocycles. The van der Waals surface area contributed by atoms with E-state index in [9.17, 15) is 14.9 Å². The number of fused-ring (bicyclic) bond motifs is 1. The molecule has 2 aromatic rings. The number of carbonyl (C=O) groups excluding carboxylic acids is 1. The van der Waals surface area contributed by atoms with Gasteiger partial charge in [0.2, 0.25) is 6.10 Å². The minimum Gasteiger partial charge on any atom is -0.442 e. The number of nitrogens with zero attached hydrogens (tertiary/aromatic N) is 1. The molecule has 0 amide bonds. The lowest BCUT2D eigenvalue weighted by molar-refractivity contribution is -0.436. The zero-order valence-electron chi connectivity index (χ0n) is 12.0. The van der Waals surface area contributed by atoms with Crippen LogP contribution in [-0.4, -0.2) is 10.9 Å². The molecule has 2 aromatic carbocycles. The topological polar surface area (TPSA) is 81.5 Å². The Hall–Kier alpha value is -2.57. The predicted molar refractivity (Wildman–Crippen MR) is 89.8 cm³/mol. The molecular weight excluding hydrogens is 355 g/mol.